The first-order valence-electron chi connectivity index (χ1n) is 4.79. The van der Waals surface area contributed by atoms with Crippen LogP contribution in [0.5, 0.6) is 11.5 Å². The third-order valence-electron chi connectivity index (χ3n) is 1.18. The Hall–Kier alpha value is -1.48. The van der Waals surface area contributed by atoms with E-state index >= 15 is 0 Å². The molecule has 0 radical (unpaired) electrons. The number of hydrogen-bond acceptors (Lipinski definition) is 3. The first kappa shape index (κ1) is 5.22. The predicted octanol–water partition coefficient (Wildman–Crippen LogP) is 1.10. The smallest absolute Gasteiger partial charge is 0.157 e. The molecule has 1 aromatic carbocycles. The summed E-state index contributed by atoms with van der Waals surface area (Å²) in [5, 5.41) is 27.0. The van der Waals surface area contributed by atoms with Crippen LogP contribution in [0.1, 0.15) is 9.68 Å². The molecule has 0 fully saturated rings. The molecule has 0 aliphatic rings. The van der Waals surface area contributed by atoms with Crippen LogP contribution in [0.4, 0.5) is 0 Å². The van der Waals surface area contributed by atoms with Crippen LogP contribution in [-0.4, -0.2) is 21.9 Å². The summed E-state index contributed by atoms with van der Waals surface area (Å²) in [6, 6.07) is 0.116. The normalized spacial score (nSPS) is 15.1. The fraction of sp³-hybridized carbons (Fsp3) is 0.111. The Balaban J connectivity index is 3.39. The minimum Gasteiger partial charge on any atom is -0.504 e. The first-order chi connectivity index (χ1) is 6.99. The molecule has 3 N–H and O–H groups in total. The Morgan fingerprint density at radius 1 is 1.50 bits per heavy atom. The Morgan fingerprint density at radius 3 is 2.92 bits per heavy atom. The number of phenols is 2. The molecule has 1 rings (SSSR count). The highest BCUT2D eigenvalue weighted by Gasteiger charge is 1.96. The van der Waals surface area contributed by atoms with Crippen molar-refractivity contribution in [3.63, 3.8) is 0 Å². The number of aliphatic hydroxyl groups is 1. The molecule has 3 heteroatoms. The number of hydrogen-bond donors (Lipinski definition) is 3. The zero-order valence-corrected chi connectivity index (χ0v) is 6.20. The lowest BCUT2D eigenvalue weighted by Crippen LogP contribution is -1.75. The van der Waals surface area contributed by atoms with Crippen molar-refractivity contribution < 1.29 is 19.4 Å². The summed E-state index contributed by atoms with van der Waals surface area (Å²) < 4.78 is 22.1. The maximum Gasteiger partial charge on any atom is 0.157 e. The van der Waals surface area contributed by atoms with Crippen LogP contribution >= 0.6 is 0 Å². The van der Waals surface area contributed by atoms with Crippen LogP contribution in [0.15, 0.2) is 24.2 Å². The van der Waals surface area contributed by atoms with E-state index < -0.39 is 17.5 Å². The number of phenolic OH excluding ortho intramolecular Hbond substituents is 2. The molecule has 0 amide bonds. The van der Waals surface area contributed by atoms with Crippen molar-refractivity contribution in [3.8, 4) is 11.5 Å². The van der Waals surface area contributed by atoms with Gasteiger partial charge in [0.2, 0.25) is 0 Å². The molecule has 0 spiro atoms. The molecule has 0 aliphatic heterocycles. The number of aliphatic hydroxyl groups excluding tert-OH is 1. The maximum absolute atomic E-state index is 9.25. The molecule has 0 aliphatic carbocycles. The van der Waals surface area contributed by atoms with Crippen molar-refractivity contribution >= 4 is 6.05 Å². The van der Waals surface area contributed by atoms with Crippen LogP contribution < -0.4 is 0 Å². The average Bonchev–Trinajstić information content (AvgIpc) is 2.20. The molecule has 0 bridgehead atoms. The van der Waals surface area contributed by atoms with E-state index in [0.717, 1.165) is 12.1 Å². The monoisotopic (exact) mass is 169 g/mol. The van der Waals surface area contributed by atoms with Gasteiger partial charge in [-0.3, -0.25) is 0 Å². The first-order valence-corrected chi connectivity index (χ1v) is 3.29. The summed E-state index contributed by atoms with van der Waals surface area (Å²) in [6.45, 7) is -0.368. The van der Waals surface area contributed by atoms with Crippen LogP contribution in [-0.2, 0) is 0 Å². The van der Waals surface area contributed by atoms with Gasteiger partial charge >= 0.3 is 0 Å². The second-order valence-electron chi connectivity index (χ2n) is 2.06. The highest BCUT2D eigenvalue weighted by atomic mass is 16.3. The van der Waals surface area contributed by atoms with Crippen LogP contribution in [0.2, 0.25) is 0 Å². The van der Waals surface area contributed by atoms with E-state index in [0.29, 0.717) is 0 Å². The van der Waals surface area contributed by atoms with Gasteiger partial charge in [-0.25, -0.2) is 0 Å². The summed E-state index contributed by atoms with van der Waals surface area (Å²) in [7, 11) is 0. The number of benzene rings is 1. The second-order valence-corrected chi connectivity index (χ2v) is 2.06. The summed E-state index contributed by atoms with van der Waals surface area (Å²) in [6.07, 6.45) is 1.13. The van der Waals surface area contributed by atoms with Gasteiger partial charge in [-0.1, -0.05) is 18.2 Å². The van der Waals surface area contributed by atoms with Crippen LogP contribution in [0.25, 0.3) is 6.05 Å². The Morgan fingerprint density at radius 2 is 2.25 bits per heavy atom. The van der Waals surface area contributed by atoms with E-state index in [1.54, 1.807) is 0 Å². The van der Waals surface area contributed by atoms with E-state index in [-0.39, 0.29) is 24.3 Å². The molecule has 0 saturated carbocycles. The van der Waals surface area contributed by atoms with Gasteiger partial charge in [0.1, 0.15) is 0 Å². The SMILES string of the molecule is [2H]/C(=C\CO)c1cc([2H])c(O)c(O)c1[2H]. The molecule has 12 heavy (non-hydrogen) atoms. The molecule has 0 heterocycles. The van der Waals surface area contributed by atoms with Gasteiger partial charge in [-0.15, -0.1) is 0 Å². The van der Waals surface area contributed by atoms with Crippen molar-refractivity contribution in [3.05, 3.63) is 29.8 Å². The van der Waals surface area contributed by atoms with E-state index in [1.165, 1.54) is 0 Å². The molecular formula is C9H10O3. The standard InChI is InChI=1S/C9H10O3/c10-5-1-2-7-3-4-8(11)9(12)6-7/h1-4,6,10-12H,5H2/b2-1+/i2D,4D,6D. The molecule has 0 unspecified atom stereocenters. The Kier molecular flexibility index (Phi) is 1.64. The van der Waals surface area contributed by atoms with Gasteiger partial charge in [0, 0.05) is 0 Å². The lowest BCUT2D eigenvalue weighted by atomic mass is 10.2. The second kappa shape index (κ2) is 3.78. The third-order valence-corrected chi connectivity index (χ3v) is 1.18. The molecule has 0 saturated heterocycles. The van der Waals surface area contributed by atoms with Crippen molar-refractivity contribution in [2.75, 3.05) is 6.61 Å². The van der Waals surface area contributed by atoms with Gasteiger partial charge < -0.3 is 15.3 Å². The minimum atomic E-state index is -0.728. The maximum atomic E-state index is 9.25. The summed E-state index contributed by atoms with van der Waals surface area (Å²) in [5.41, 5.74) is -0.00986. The van der Waals surface area contributed by atoms with Gasteiger partial charge in [-0.05, 0) is 17.6 Å². The van der Waals surface area contributed by atoms with Gasteiger partial charge in [0.05, 0.1) is 10.7 Å². The number of aromatic hydroxyl groups is 2. The minimum absolute atomic E-state index is 0.00986. The van der Waals surface area contributed by atoms with Crippen molar-refractivity contribution in [1.29, 1.82) is 0 Å². The van der Waals surface area contributed by atoms with Crippen molar-refractivity contribution in [2.45, 2.75) is 0 Å². The molecule has 0 atom stereocenters. The van der Waals surface area contributed by atoms with Gasteiger partial charge in [0.25, 0.3) is 0 Å². The summed E-state index contributed by atoms with van der Waals surface area (Å²) in [5.74, 6) is -1.41. The fourth-order valence-electron chi connectivity index (χ4n) is 0.665. The lowest BCUT2D eigenvalue weighted by Gasteiger charge is -1.97. The van der Waals surface area contributed by atoms with Gasteiger partial charge in [-0.2, -0.15) is 0 Å². The third kappa shape index (κ3) is 2.00. The Labute approximate surface area is 74.4 Å². The summed E-state index contributed by atoms with van der Waals surface area (Å²) in [4.78, 5) is 0. The number of rotatable bonds is 2. The van der Waals surface area contributed by atoms with Crippen LogP contribution in [0.3, 0.4) is 0 Å². The van der Waals surface area contributed by atoms with E-state index in [1.807, 2.05) is 0 Å². The largest absolute Gasteiger partial charge is 0.504 e. The lowest BCUT2D eigenvalue weighted by molar-refractivity contribution is 0.343. The van der Waals surface area contributed by atoms with Crippen LogP contribution in [0, 0.1) is 0 Å². The average molecular weight is 169 g/mol. The molecule has 64 valence electrons. The Bertz CT molecular complexity index is 416. The predicted molar refractivity (Wildman–Crippen MR) is 45.9 cm³/mol. The van der Waals surface area contributed by atoms with E-state index in [4.69, 9.17) is 14.3 Å². The van der Waals surface area contributed by atoms with Crippen molar-refractivity contribution in [1.82, 2.24) is 0 Å². The highest BCUT2D eigenvalue weighted by Crippen LogP contribution is 2.25. The molecule has 0 aromatic heterocycles. The van der Waals surface area contributed by atoms with Gasteiger partial charge in [0.15, 0.2) is 11.5 Å². The van der Waals surface area contributed by atoms with E-state index in [2.05, 4.69) is 0 Å². The molecule has 3 nitrogen and oxygen atoms in total. The molecule has 1 aromatic rings. The quantitative estimate of drug-likeness (QED) is 0.581. The van der Waals surface area contributed by atoms with Crippen molar-refractivity contribution in [2.24, 2.45) is 0 Å². The molecular weight excluding hydrogens is 156 g/mol. The van der Waals surface area contributed by atoms with E-state index in [9.17, 15) is 5.11 Å². The topological polar surface area (TPSA) is 60.7 Å². The zero-order valence-electron chi connectivity index (χ0n) is 9.20. The highest BCUT2D eigenvalue weighted by molar-refractivity contribution is 5.54. The zero-order chi connectivity index (χ0) is 11.6. The summed E-state index contributed by atoms with van der Waals surface area (Å²) >= 11 is 0. The fourth-order valence-corrected chi connectivity index (χ4v) is 0.665.